The lowest BCUT2D eigenvalue weighted by molar-refractivity contribution is 0.0948. The average molecular weight is 357 g/mol. The van der Waals surface area contributed by atoms with E-state index in [1.807, 2.05) is 42.5 Å². The maximum absolute atomic E-state index is 12.2. The van der Waals surface area contributed by atoms with Gasteiger partial charge in [0.25, 0.3) is 5.91 Å². The first-order chi connectivity index (χ1) is 13.3. The van der Waals surface area contributed by atoms with E-state index in [4.69, 9.17) is 9.15 Å². The van der Waals surface area contributed by atoms with Gasteiger partial charge >= 0.3 is 0 Å². The van der Waals surface area contributed by atoms with Crippen molar-refractivity contribution >= 4 is 16.7 Å². The van der Waals surface area contributed by atoms with Crippen molar-refractivity contribution in [3.63, 3.8) is 0 Å². The van der Waals surface area contributed by atoms with Crippen LogP contribution >= 0.6 is 0 Å². The fraction of sp³-hybridized carbons (Fsp3) is 0.0870. The van der Waals surface area contributed by atoms with Crippen molar-refractivity contribution in [3.05, 3.63) is 102 Å². The van der Waals surface area contributed by atoms with E-state index >= 15 is 0 Å². The zero-order chi connectivity index (χ0) is 18.5. The van der Waals surface area contributed by atoms with E-state index in [2.05, 4.69) is 23.5 Å². The van der Waals surface area contributed by atoms with E-state index in [0.29, 0.717) is 18.7 Å². The molecule has 134 valence electrons. The molecule has 0 spiro atoms. The second kappa shape index (κ2) is 7.79. The van der Waals surface area contributed by atoms with E-state index in [9.17, 15) is 4.79 Å². The summed E-state index contributed by atoms with van der Waals surface area (Å²) in [6.07, 6.45) is 1.59. The van der Waals surface area contributed by atoms with Crippen LogP contribution in [0.2, 0.25) is 0 Å². The van der Waals surface area contributed by atoms with Crippen molar-refractivity contribution in [2.75, 3.05) is 0 Å². The number of amides is 1. The van der Waals surface area contributed by atoms with Crippen molar-refractivity contribution in [1.82, 2.24) is 5.32 Å². The molecule has 27 heavy (non-hydrogen) atoms. The summed E-state index contributed by atoms with van der Waals surface area (Å²) in [6.45, 7) is 0.825. The van der Waals surface area contributed by atoms with Crippen LogP contribution in [0.3, 0.4) is 0 Å². The molecule has 0 unspecified atom stereocenters. The number of carbonyl (C=O) groups is 1. The summed E-state index contributed by atoms with van der Waals surface area (Å²) in [5.74, 6) is 1.42. The van der Waals surface area contributed by atoms with Crippen LogP contribution in [0.4, 0.5) is 0 Å². The van der Waals surface area contributed by atoms with Gasteiger partial charge in [-0.2, -0.15) is 0 Å². The molecule has 0 atom stereocenters. The molecular weight excluding hydrogens is 338 g/mol. The molecule has 0 aliphatic rings. The maximum Gasteiger partial charge on any atom is 0.251 e. The number of ether oxygens (including phenoxy) is 1. The Bertz CT molecular complexity index is 1040. The smallest absolute Gasteiger partial charge is 0.251 e. The predicted molar refractivity (Wildman–Crippen MR) is 105 cm³/mol. The van der Waals surface area contributed by atoms with Gasteiger partial charge in [-0.15, -0.1) is 0 Å². The molecule has 0 bridgehead atoms. The number of fused-ring (bicyclic) bond motifs is 1. The van der Waals surface area contributed by atoms with Crippen LogP contribution in [-0.2, 0) is 13.2 Å². The Morgan fingerprint density at radius 3 is 2.48 bits per heavy atom. The molecule has 0 aliphatic heterocycles. The van der Waals surface area contributed by atoms with Gasteiger partial charge in [-0.3, -0.25) is 4.79 Å². The topological polar surface area (TPSA) is 51.5 Å². The molecule has 1 N–H and O–H groups in total. The summed E-state index contributed by atoms with van der Waals surface area (Å²) in [4.78, 5) is 12.2. The van der Waals surface area contributed by atoms with Gasteiger partial charge in [0.05, 0.1) is 12.8 Å². The van der Waals surface area contributed by atoms with Crippen LogP contribution in [0.25, 0.3) is 10.8 Å². The Hall–Kier alpha value is -3.53. The van der Waals surface area contributed by atoms with Gasteiger partial charge in [-0.1, -0.05) is 42.5 Å². The number of furan rings is 1. The van der Waals surface area contributed by atoms with Crippen molar-refractivity contribution in [1.29, 1.82) is 0 Å². The van der Waals surface area contributed by atoms with E-state index in [-0.39, 0.29) is 5.91 Å². The molecular formula is C23H19NO3. The highest BCUT2D eigenvalue weighted by Gasteiger charge is 2.06. The highest BCUT2D eigenvalue weighted by Crippen LogP contribution is 2.21. The first kappa shape index (κ1) is 16.9. The Morgan fingerprint density at radius 2 is 1.70 bits per heavy atom. The lowest BCUT2D eigenvalue weighted by Crippen LogP contribution is -2.22. The molecule has 0 radical (unpaired) electrons. The third kappa shape index (κ3) is 4.18. The van der Waals surface area contributed by atoms with Gasteiger partial charge < -0.3 is 14.5 Å². The minimum Gasteiger partial charge on any atom is -0.489 e. The molecule has 1 amide bonds. The van der Waals surface area contributed by atoms with Gasteiger partial charge in [-0.25, -0.2) is 0 Å². The summed E-state index contributed by atoms with van der Waals surface area (Å²) in [6, 6.07) is 25.3. The van der Waals surface area contributed by atoms with E-state index < -0.39 is 0 Å². The van der Waals surface area contributed by atoms with Crippen molar-refractivity contribution in [2.24, 2.45) is 0 Å². The van der Waals surface area contributed by atoms with Gasteiger partial charge in [0.1, 0.15) is 18.1 Å². The zero-order valence-electron chi connectivity index (χ0n) is 14.7. The maximum atomic E-state index is 12.2. The van der Waals surface area contributed by atoms with Crippen LogP contribution < -0.4 is 10.1 Å². The number of benzene rings is 3. The van der Waals surface area contributed by atoms with Crippen LogP contribution in [-0.4, -0.2) is 5.91 Å². The fourth-order valence-corrected chi connectivity index (χ4v) is 2.86. The third-order valence-electron chi connectivity index (χ3n) is 4.35. The average Bonchev–Trinajstić information content (AvgIpc) is 3.24. The van der Waals surface area contributed by atoms with Crippen LogP contribution in [0.15, 0.2) is 89.5 Å². The number of hydrogen-bond donors (Lipinski definition) is 1. The molecule has 1 heterocycles. The fourth-order valence-electron chi connectivity index (χ4n) is 2.86. The monoisotopic (exact) mass is 357 g/mol. The minimum absolute atomic E-state index is 0.131. The minimum atomic E-state index is -0.131. The lowest BCUT2D eigenvalue weighted by atomic mass is 10.1. The van der Waals surface area contributed by atoms with E-state index in [1.54, 1.807) is 24.5 Å². The molecule has 4 nitrogen and oxygen atoms in total. The summed E-state index contributed by atoms with van der Waals surface area (Å²) in [7, 11) is 0. The number of hydrogen-bond acceptors (Lipinski definition) is 3. The van der Waals surface area contributed by atoms with Gasteiger partial charge in [0, 0.05) is 5.56 Å². The third-order valence-corrected chi connectivity index (χ3v) is 4.35. The van der Waals surface area contributed by atoms with E-state index in [0.717, 1.165) is 22.5 Å². The molecule has 4 aromatic rings. The van der Waals surface area contributed by atoms with Gasteiger partial charge in [-0.05, 0) is 52.7 Å². The molecule has 1 aromatic heterocycles. The number of nitrogens with one attached hydrogen (secondary N) is 1. The summed E-state index contributed by atoms with van der Waals surface area (Å²) in [5.41, 5.74) is 1.61. The SMILES string of the molecule is O=C(NCc1ccco1)c1ccc(COc2ccc3ccccc3c2)cc1. The quantitative estimate of drug-likeness (QED) is 0.532. The number of rotatable bonds is 6. The van der Waals surface area contributed by atoms with Crippen molar-refractivity contribution < 1.29 is 13.9 Å². The Balaban J connectivity index is 1.34. The Morgan fingerprint density at radius 1 is 0.889 bits per heavy atom. The highest BCUT2D eigenvalue weighted by molar-refractivity contribution is 5.94. The summed E-state index contributed by atoms with van der Waals surface area (Å²) < 4.78 is 11.1. The van der Waals surface area contributed by atoms with Crippen molar-refractivity contribution in [3.8, 4) is 5.75 Å². The number of carbonyl (C=O) groups excluding carboxylic acids is 1. The van der Waals surface area contributed by atoms with Crippen molar-refractivity contribution in [2.45, 2.75) is 13.2 Å². The second-order valence-corrected chi connectivity index (χ2v) is 6.26. The second-order valence-electron chi connectivity index (χ2n) is 6.26. The zero-order valence-corrected chi connectivity index (χ0v) is 14.7. The van der Waals surface area contributed by atoms with Gasteiger partial charge in [0.2, 0.25) is 0 Å². The highest BCUT2D eigenvalue weighted by atomic mass is 16.5. The first-order valence-corrected chi connectivity index (χ1v) is 8.79. The lowest BCUT2D eigenvalue weighted by Gasteiger charge is -2.08. The summed E-state index contributed by atoms with van der Waals surface area (Å²) >= 11 is 0. The summed E-state index contributed by atoms with van der Waals surface area (Å²) in [5, 5.41) is 5.17. The van der Waals surface area contributed by atoms with E-state index in [1.165, 1.54) is 5.39 Å². The molecule has 0 saturated heterocycles. The molecule has 3 aromatic carbocycles. The first-order valence-electron chi connectivity index (χ1n) is 8.79. The molecule has 4 rings (SSSR count). The van der Waals surface area contributed by atoms with Gasteiger partial charge in [0.15, 0.2) is 0 Å². The molecule has 4 heteroatoms. The van der Waals surface area contributed by atoms with Crippen LogP contribution in [0.1, 0.15) is 21.7 Å². The Kier molecular flexibility index (Phi) is 4.88. The largest absolute Gasteiger partial charge is 0.489 e. The predicted octanol–water partition coefficient (Wildman–Crippen LogP) is 4.94. The van der Waals surface area contributed by atoms with Crippen LogP contribution in [0, 0.1) is 0 Å². The molecule has 0 aliphatic carbocycles. The molecule has 0 fully saturated rings. The normalized spacial score (nSPS) is 10.7. The Labute approximate surface area is 157 Å². The molecule has 0 saturated carbocycles. The standard InChI is InChI=1S/C23H19NO3/c25-23(24-15-22-6-3-13-26-22)19-9-7-17(8-10-19)16-27-21-12-11-18-4-1-2-5-20(18)14-21/h1-14H,15-16H2,(H,24,25). The van der Waals surface area contributed by atoms with Crippen LogP contribution in [0.5, 0.6) is 5.75 Å².